The molecular weight excluding hydrogens is 208 g/mol. The second-order valence-corrected chi connectivity index (χ2v) is 2.78. The van der Waals surface area contributed by atoms with Gasteiger partial charge >= 0.3 is 0 Å². The summed E-state index contributed by atoms with van der Waals surface area (Å²) in [5, 5.41) is 0. The van der Waals surface area contributed by atoms with Crippen molar-refractivity contribution in [1.29, 1.82) is 0 Å². The first kappa shape index (κ1) is 12.2. The van der Waals surface area contributed by atoms with Crippen LogP contribution in [-0.4, -0.2) is 23.2 Å². The molecule has 3 N–H and O–H groups in total. The summed E-state index contributed by atoms with van der Waals surface area (Å²) in [5.41, 5.74) is 2.42. The van der Waals surface area contributed by atoms with Crippen molar-refractivity contribution in [3.05, 3.63) is 11.9 Å². The van der Waals surface area contributed by atoms with E-state index in [1.807, 2.05) is 6.92 Å². The van der Waals surface area contributed by atoms with Crippen molar-refractivity contribution >= 4 is 5.82 Å². The summed E-state index contributed by atoms with van der Waals surface area (Å²) in [5.74, 6) is 8.94. The largest absolute Gasteiger partial charge is 0.464 e. The molecule has 1 rings (SSSR count). The van der Waals surface area contributed by atoms with Gasteiger partial charge < -0.3 is 14.9 Å². The van der Waals surface area contributed by atoms with Crippen molar-refractivity contribution in [2.24, 2.45) is 5.84 Å². The molecule has 6 heteroatoms. The number of nitrogens with one attached hydrogen (secondary N) is 1. The van der Waals surface area contributed by atoms with E-state index in [1.165, 1.54) is 0 Å². The zero-order chi connectivity index (χ0) is 11.8. The monoisotopic (exact) mass is 222 g/mol. The molecule has 16 heavy (non-hydrogen) atoms. The van der Waals surface area contributed by atoms with E-state index in [0.29, 0.717) is 30.7 Å². The number of anilines is 1. The van der Waals surface area contributed by atoms with E-state index in [9.17, 15) is 0 Å². The molecule has 0 unspecified atom stereocenters. The van der Waals surface area contributed by atoms with Crippen LogP contribution in [0.5, 0.6) is 5.88 Å². The Hall–Kier alpha value is -1.84. The third kappa shape index (κ3) is 3.73. The predicted molar refractivity (Wildman–Crippen MR) is 59.5 cm³/mol. The van der Waals surface area contributed by atoms with Crippen LogP contribution < -0.4 is 16.0 Å². The first-order valence-corrected chi connectivity index (χ1v) is 4.78. The van der Waals surface area contributed by atoms with Crippen molar-refractivity contribution in [2.45, 2.75) is 13.5 Å². The number of ether oxygens (including phenoxy) is 2. The molecule has 86 valence electrons. The number of hydrazine groups is 1. The summed E-state index contributed by atoms with van der Waals surface area (Å²) in [6.07, 6.45) is 5.08. The molecule has 0 aliphatic heterocycles. The molecule has 0 radical (unpaired) electrons. The van der Waals surface area contributed by atoms with Crippen LogP contribution in [0.15, 0.2) is 6.07 Å². The van der Waals surface area contributed by atoms with Gasteiger partial charge in [-0.1, -0.05) is 5.92 Å². The zero-order valence-corrected chi connectivity index (χ0v) is 9.06. The van der Waals surface area contributed by atoms with Crippen molar-refractivity contribution in [1.82, 2.24) is 9.97 Å². The van der Waals surface area contributed by atoms with Crippen LogP contribution in [0.1, 0.15) is 12.7 Å². The van der Waals surface area contributed by atoms with Crippen molar-refractivity contribution in [3.63, 3.8) is 0 Å². The minimum atomic E-state index is 0.148. The fourth-order valence-corrected chi connectivity index (χ4v) is 0.994. The zero-order valence-electron chi connectivity index (χ0n) is 9.06. The Balaban J connectivity index is 2.79. The van der Waals surface area contributed by atoms with Crippen LogP contribution in [-0.2, 0) is 11.3 Å². The van der Waals surface area contributed by atoms with Crippen LogP contribution in [0.2, 0.25) is 0 Å². The van der Waals surface area contributed by atoms with E-state index in [1.54, 1.807) is 6.07 Å². The van der Waals surface area contributed by atoms with Gasteiger partial charge in [-0.2, -0.15) is 4.98 Å². The van der Waals surface area contributed by atoms with Crippen LogP contribution in [0.25, 0.3) is 0 Å². The lowest BCUT2D eigenvalue weighted by atomic mass is 10.5. The molecule has 0 fully saturated rings. The highest BCUT2D eigenvalue weighted by molar-refractivity contribution is 5.36. The van der Waals surface area contributed by atoms with Crippen molar-refractivity contribution < 1.29 is 9.47 Å². The number of aromatic nitrogens is 2. The summed E-state index contributed by atoms with van der Waals surface area (Å²) in [7, 11) is 0. The van der Waals surface area contributed by atoms with Gasteiger partial charge in [0.1, 0.15) is 12.4 Å². The van der Waals surface area contributed by atoms with Gasteiger partial charge in [-0.25, -0.2) is 10.8 Å². The molecule has 1 heterocycles. The summed E-state index contributed by atoms with van der Waals surface area (Å²) in [6, 6.07) is 1.56. The molecule has 6 nitrogen and oxygen atoms in total. The standard InChI is InChI=1S/C10H14N4O2/c1-3-5-16-10-6-8(14-11)12-9(13-10)7-15-4-2/h1,6H,4-5,7,11H2,2H3,(H,12,13,14). The SMILES string of the molecule is C#CCOc1cc(NN)nc(COCC)n1. The lowest BCUT2D eigenvalue weighted by molar-refractivity contribution is 0.127. The second-order valence-electron chi connectivity index (χ2n) is 2.78. The summed E-state index contributed by atoms with van der Waals surface area (Å²) < 4.78 is 10.4. The average molecular weight is 222 g/mol. The van der Waals surface area contributed by atoms with Gasteiger partial charge in [0.05, 0.1) is 0 Å². The topological polar surface area (TPSA) is 82.3 Å². The van der Waals surface area contributed by atoms with Gasteiger partial charge in [0.25, 0.3) is 0 Å². The fraction of sp³-hybridized carbons (Fsp3) is 0.400. The van der Waals surface area contributed by atoms with Crippen molar-refractivity contribution in [3.8, 4) is 18.2 Å². The Labute approximate surface area is 94.1 Å². The third-order valence-electron chi connectivity index (χ3n) is 1.64. The Kier molecular flexibility index (Phi) is 5.05. The fourth-order valence-electron chi connectivity index (χ4n) is 0.994. The van der Waals surface area contributed by atoms with Gasteiger partial charge in [0.15, 0.2) is 12.4 Å². The Morgan fingerprint density at radius 2 is 2.38 bits per heavy atom. The Bertz CT molecular complexity index is 376. The molecule has 0 spiro atoms. The molecule has 0 aromatic carbocycles. The number of rotatable bonds is 6. The second kappa shape index (κ2) is 6.61. The summed E-state index contributed by atoms with van der Waals surface area (Å²) in [4.78, 5) is 8.20. The molecule has 1 aromatic rings. The molecule has 0 saturated carbocycles. The maximum absolute atomic E-state index is 5.27. The number of terminal acetylenes is 1. The van der Waals surface area contributed by atoms with E-state index >= 15 is 0 Å². The predicted octanol–water partition coefficient (Wildman–Crippen LogP) is 0.311. The van der Waals surface area contributed by atoms with E-state index in [-0.39, 0.29) is 6.61 Å². The van der Waals surface area contributed by atoms with Crippen LogP contribution in [0, 0.1) is 12.3 Å². The molecule has 0 saturated heterocycles. The van der Waals surface area contributed by atoms with Gasteiger partial charge in [-0.3, -0.25) is 0 Å². The highest BCUT2D eigenvalue weighted by Gasteiger charge is 2.04. The quantitative estimate of drug-likeness (QED) is 0.409. The van der Waals surface area contributed by atoms with E-state index in [2.05, 4.69) is 21.3 Å². The molecule has 0 bridgehead atoms. The highest BCUT2D eigenvalue weighted by Crippen LogP contribution is 2.13. The summed E-state index contributed by atoms with van der Waals surface area (Å²) in [6.45, 7) is 2.93. The summed E-state index contributed by atoms with van der Waals surface area (Å²) >= 11 is 0. The van der Waals surface area contributed by atoms with E-state index < -0.39 is 0 Å². The molecule has 0 amide bonds. The first-order chi connectivity index (χ1) is 7.80. The third-order valence-corrected chi connectivity index (χ3v) is 1.64. The Morgan fingerprint density at radius 1 is 1.56 bits per heavy atom. The van der Waals surface area contributed by atoms with Crippen molar-refractivity contribution in [2.75, 3.05) is 18.6 Å². The minimum Gasteiger partial charge on any atom is -0.464 e. The van der Waals surface area contributed by atoms with Gasteiger partial charge in [0, 0.05) is 12.7 Å². The van der Waals surface area contributed by atoms with Gasteiger partial charge in [0.2, 0.25) is 5.88 Å². The molecule has 0 aliphatic carbocycles. The van der Waals surface area contributed by atoms with Crippen LogP contribution in [0.3, 0.4) is 0 Å². The van der Waals surface area contributed by atoms with E-state index in [0.717, 1.165) is 0 Å². The van der Waals surface area contributed by atoms with Gasteiger partial charge in [-0.15, -0.1) is 6.42 Å². The molecule has 0 aliphatic rings. The number of nitrogens with two attached hydrogens (primary N) is 1. The first-order valence-electron chi connectivity index (χ1n) is 4.78. The highest BCUT2D eigenvalue weighted by atomic mass is 16.5. The van der Waals surface area contributed by atoms with Crippen LogP contribution >= 0.6 is 0 Å². The maximum Gasteiger partial charge on any atom is 0.219 e. The Morgan fingerprint density at radius 3 is 3.00 bits per heavy atom. The minimum absolute atomic E-state index is 0.148. The van der Waals surface area contributed by atoms with Crippen LogP contribution in [0.4, 0.5) is 5.82 Å². The number of nitrogen functional groups attached to an aromatic ring is 1. The van der Waals surface area contributed by atoms with E-state index in [4.69, 9.17) is 21.7 Å². The number of nitrogens with zero attached hydrogens (tertiary/aromatic N) is 2. The lowest BCUT2D eigenvalue weighted by Crippen LogP contribution is -2.12. The molecular formula is C10H14N4O2. The molecule has 0 atom stereocenters. The number of hydrogen-bond acceptors (Lipinski definition) is 6. The number of hydrogen-bond donors (Lipinski definition) is 2. The smallest absolute Gasteiger partial charge is 0.219 e. The van der Waals surface area contributed by atoms with Gasteiger partial charge in [-0.05, 0) is 6.92 Å². The maximum atomic E-state index is 5.27. The normalized spacial score (nSPS) is 9.56. The average Bonchev–Trinajstić information content (AvgIpc) is 2.33. The lowest BCUT2D eigenvalue weighted by Gasteiger charge is -2.07. The molecule has 1 aromatic heterocycles.